The van der Waals surface area contributed by atoms with Crippen molar-refractivity contribution in [2.75, 3.05) is 0 Å². The summed E-state index contributed by atoms with van der Waals surface area (Å²) >= 11 is 3.98. The summed E-state index contributed by atoms with van der Waals surface area (Å²) in [5.41, 5.74) is 1.97. The quantitative estimate of drug-likeness (QED) is 0.605. The van der Waals surface area contributed by atoms with Gasteiger partial charge in [-0.15, -0.1) is 0 Å². The van der Waals surface area contributed by atoms with Gasteiger partial charge in [-0.1, -0.05) is 48.7 Å². The molecule has 0 aromatic heterocycles. The minimum Gasteiger partial charge on any atom is -0.295 e. The van der Waals surface area contributed by atoms with Crippen LogP contribution in [0.4, 0.5) is 0 Å². The van der Waals surface area contributed by atoms with E-state index in [-0.39, 0.29) is 0 Å². The second-order valence-corrected chi connectivity index (χ2v) is 8.80. The van der Waals surface area contributed by atoms with Gasteiger partial charge in [0, 0.05) is 11.2 Å². The van der Waals surface area contributed by atoms with Crippen LogP contribution in [0.3, 0.4) is 0 Å². The van der Waals surface area contributed by atoms with Gasteiger partial charge in [-0.2, -0.15) is 0 Å². The van der Waals surface area contributed by atoms with Gasteiger partial charge in [-0.3, -0.25) is 4.79 Å². The molecule has 3 aliphatic rings. The largest absolute Gasteiger partial charge is 0.295 e. The first-order valence-corrected chi connectivity index (χ1v) is 9.25. The zero-order valence-corrected chi connectivity index (χ0v) is 14.6. The van der Waals surface area contributed by atoms with Crippen molar-refractivity contribution in [3.05, 3.63) is 11.6 Å². The average Bonchev–Trinajstić information content (AvgIpc) is 2.42. The molecule has 3 aliphatic carbocycles. The Hall–Kier alpha value is -0.110. The minimum atomic E-state index is 0.358. The lowest BCUT2D eigenvalue weighted by molar-refractivity contribution is -0.116. The van der Waals surface area contributed by atoms with Crippen LogP contribution in [-0.2, 0) is 4.79 Å². The molecule has 0 radical (unpaired) electrons. The number of fused-ring (bicyclic) bond motifs is 3. The van der Waals surface area contributed by atoms with Crippen LogP contribution in [0.2, 0.25) is 0 Å². The van der Waals surface area contributed by atoms with Crippen molar-refractivity contribution < 1.29 is 4.79 Å². The number of allylic oxidation sites excluding steroid dienone is 2. The summed E-state index contributed by atoms with van der Waals surface area (Å²) in [4.78, 5) is 12.3. The van der Waals surface area contributed by atoms with E-state index in [1.807, 2.05) is 6.08 Å². The summed E-state index contributed by atoms with van der Waals surface area (Å²) in [5.74, 6) is 3.45. The number of rotatable bonds is 1. The van der Waals surface area contributed by atoms with E-state index < -0.39 is 0 Å². The van der Waals surface area contributed by atoms with Gasteiger partial charge in [-0.05, 0) is 60.8 Å². The fourth-order valence-corrected chi connectivity index (χ4v) is 6.46. The summed E-state index contributed by atoms with van der Waals surface area (Å²) in [6.45, 7) is 7.33. The van der Waals surface area contributed by atoms with Crippen LogP contribution >= 0.6 is 15.9 Å². The molecule has 2 fully saturated rings. The normalized spacial score (nSPS) is 48.3. The van der Waals surface area contributed by atoms with Crippen LogP contribution in [-0.4, -0.2) is 10.6 Å². The predicted octanol–water partition coefficient (Wildman–Crippen LogP) is 5.14. The topological polar surface area (TPSA) is 17.1 Å². The van der Waals surface area contributed by atoms with Crippen molar-refractivity contribution in [1.29, 1.82) is 0 Å². The first-order chi connectivity index (χ1) is 9.46. The average molecular weight is 339 g/mol. The van der Waals surface area contributed by atoms with Gasteiger partial charge in [0.2, 0.25) is 0 Å². The van der Waals surface area contributed by atoms with Crippen LogP contribution in [0.5, 0.6) is 0 Å². The molecule has 3 rings (SSSR count). The van der Waals surface area contributed by atoms with E-state index in [1.54, 1.807) is 0 Å². The van der Waals surface area contributed by atoms with E-state index in [1.165, 1.54) is 24.8 Å². The third-order valence-electron chi connectivity index (χ3n) is 6.92. The first kappa shape index (κ1) is 14.8. The molecule has 0 aromatic carbocycles. The molecular weight excluding hydrogens is 312 g/mol. The van der Waals surface area contributed by atoms with E-state index >= 15 is 0 Å². The Balaban J connectivity index is 1.91. The molecule has 0 aliphatic heterocycles. The van der Waals surface area contributed by atoms with E-state index in [9.17, 15) is 4.79 Å². The van der Waals surface area contributed by atoms with E-state index in [2.05, 4.69) is 36.7 Å². The molecular formula is C18H27BrO. The highest BCUT2D eigenvalue weighted by atomic mass is 79.9. The van der Waals surface area contributed by atoms with Crippen LogP contribution < -0.4 is 0 Å². The Kier molecular flexibility index (Phi) is 3.90. The summed E-state index contributed by atoms with van der Waals surface area (Å²) < 4.78 is 0. The Labute approximate surface area is 131 Å². The van der Waals surface area contributed by atoms with Gasteiger partial charge in [0.15, 0.2) is 5.78 Å². The van der Waals surface area contributed by atoms with E-state index in [4.69, 9.17) is 0 Å². The molecule has 0 bridgehead atoms. The molecule has 1 unspecified atom stereocenters. The molecule has 2 saturated carbocycles. The maximum absolute atomic E-state index is 11.7. The summed E-state index contributed by atoms with van der Waals surface area (Å²) in [6, 6.07) is 0. The SMILES string of the molecule is CC[C@@]1(C)CC[C@H]2[C@H](C1C)[C@@H](Br)CC1=CC(=O)CC[C@@H]12. The van der Waals surface area contributed by atoms with Crippen molar-refractivity contribution in [3.63, 3.8) is 0 Å². The maximum atomic E-state index is 11.7. The van der Waals surface area contributed by atoms with Gasteiger partial charge in [-0.25, -0.2) is 0 Å². The molecule has 0 aromatic rings. The van der Waals surface area contributed by atoms with Gasteiger partial charge >= 0.3 is 0 Å². The number of hydrogen-bond donors (Lipinski definition) is 0. The van der Waals surface area contributed by atoms with Gasteiger partial charge in [0.05, 0.1) is 0 Å². The van der Waals surface area contributed by atoms with Crippen molar-refractivity contribution in [1.82, 2.24) is 0 Å². The molecule has 0 N–H and O–H groups in total. The summed E-state index contributed by atoms with van der Waals surface area (Å²) in [7, 11) is 0. The Morgan fingerprint density at radius 1 is 1.40 bits per heavy atom. The van der Waals surface area contributed by atoms with Crippen LogP contribution in [0, 0.1) is 29.1 Å². The summed E-state index contributed by atoms with van der Waals surface area (Å²) in [6.07, 6.45) is 8.99. The highest BCUT2D eigenvalue weighted by Gasteiger charge is 2.51. The number of ketones is 1. The second kappa shape index (κ2) is 5.26. The van der Waals surface area contributed by atoms with Crippen molar-refractivity contribution in [2.24, 2.45) is 29.1 Å². The van der Waals surface area contributed by atoms with E-state index in [0.29, 0.717) is 21.9 Å². The second-order valence-electron chi connectivity index (χ2n) is 7.63. The zero-order chi connectivity index (χ0) is 14.5. The van der Waals surface area contributed by atoms with Gasteiger partial charge in [0.25, 0.3) is 0 Å². The minimum absolute atomic E-state index is 0.358. The van der Waals surface area contributed by atoms with Crippen molar-refractivity contribution in [3.8, 4) is 0 Å². The highest BCUT2D eigenvalue weighted by molar-refractivity contribution is 9.09. The smallest absolute Gasteiger partial charge is 0.155 e. The van der Waals surface area contributed by atoms with Gasteiger partial charge < -0.3 is 0 Å². The van der Waals surface area contributed by atoms with Crippen LogP contribution in [0.15, 0.2) is 11.6 Å². The molecule has 0 amide bonds. The third kappa shape index (κ3) is 2.23. The fraction of sp³-hybridized carbons (Fsp3) is 0.833. The Morgan fingerprint density at radius 3 is 2.85 bits per heavy atom. The molecule has 0 saturated heterocycles. The molecule has 0 heterocycles. The third-order valence-corrected chi connectivity index (χ3v) is 7.85. The molecule has 0 spiro atoms. The number of hydrogen-bond acceptors (Lipinski definition) is 1. The molecule has 1 nitrogen and oxygen atoms in total. The highest BCUT2D eigenvalue weighted by Crippen LogP contribution is 2.58. The Morgan fingerprint density at radius 2 is 2.15 bits per heavy atom. The number of carbonyl (C=O) groups excluding carboxylic acids is 1. The van der Waals surface area contributed by atoms with Crippen LogP contribution in [0.25, 0.3) is 0 Å². The van der Waals surface area contributed by atoms with E-state index in [0.717, 1.165) is 37.0 Å². The number of halogens is 1. The van der Waals surface area contributed by atoms with Crippen molar-refractivity contribution in [2.45, 2.75) is 64.1 Å². The lowest BCUT2D eigenvalue weighted by Crippen LogP contribution is -2.49. The number of alkyl halides is 1. The molecule has 6 atom stereocenters. The standard InChI is InChI=1S/C18H27BrO/c1-4-18(3)8-7-15-14-6-5-13(20)9-12(14)10-16(19)17(15)11(18)2/h9,11,14-17H,4-8,10H2,1-3H3/t11?,14-,15+,16-,17-,18-/m0/s1. The first-order valence-electron chi connectivity index (χ1n) is 8.33. The van der Waals surface area contributed by atoms with Crippen LogP contribution in [0.1, 0.15) is 59.3 Å². The molecule has 2 heteroatoms. The zero-order valence-electron chi connectivity index (χ0n) is 13.0. The maximum Gasteiger partial charge on any atom is 0.155 e. The molecule has 112 valence electrons. The van der Waals surface area contributed by atoms with Gasteiger partial charge in [0.1, 0.15) is 0 Å². The van der Waals surface area contributed by atoms with Crippen molar-refractivity contribution >= 4 is 21.7 Å². The number of carbonyl (C=O) groups is 1. The Bertz CT molecular complexity index is 441. The predicted molar refractivity (Wildman–Crippen MR) is 86.9 cm³/mol. The lowest BCUT2D eigenvalue weighted by atomic mass is 9.51. The lowest BCUT2D eigenvalue weighted by Gasteiger charge is -2.55. The molecule has 20 heavy (non-hydrogen) atoms. The fourth-order valence-electron chi connectivity index (χ4n) is 5.23. The monoisotopic (exact) mass is 338 g/mol. The summed E-state index contributed by atoms with van der Waals surface area (Å²) in [5, 5.41) is 0.